The molecule has 18 heavy (non-hydrogen) atoms. The second kappa shape index (κ2) is 4.94. The molecule has 0 atom stereocenters. The molecular weight excluding hydrogens is 254 g/mol. The maximum atomic E-state index is 13.2. The molecule has 5 heteroatoms. The van der Waals surface area contributed by atoms with Gasteiger partial charge >= 0.3 is 0 Å². The Kier molecular flexibility index (Phi) is 3.52. The van der Waals surface area contributed by atoms with Crippen LogP contribution in [-0.4, -0.2) is 9.97 Å². The van der Waals surface area contributed by atoms with Crippen molar-refractivity contribution in [3.8, 4) is 11.4 Å². The average molecular weight is 266 g/mol. The number of rotatable bonds is 2. The zero-order chi connectivity index (χ0) is 13.3. The number of halogens is 2. The highest BCUT2D eigenvalue weighted by atomic mass is 32.1. The minimum Gasteiger partial charge on any atom is -0.343 e. The summed E-state index contributed by atoms with van der Waals surface area (Å²) >= 11 is 5.15. The van der Waals surface area contributed by atoms with Crippen molar-refractivity contribution < 1.29 is 8.78 Å². The van der Waals surface area contributed by atoms with Crippen LogP contribution in [0.5, 0.6) is 0 Å². The van der Waals surface area contributed by atoms with Crippen LogP contribution in [0.1, 0.15) is 18.2 Å². The van der Waals surface area contributed by atoms with Crippen LogP contribution in [0.2, 0.25) is 0 Å². The summed E-state index contributed by atoms with van der Waals surface area (Å²) in [5.74, 6) is -1.31. The van der Waals surface area contributed by atoms with E-state index in [1.165, 1.54) is 6.07 Å². The molecule has 0 aliphatic carbocycles. The first-order valence-corrected chi connectivity index (χ1v) is 5.99. The molecule has 2 nitrogen and oxygen atoms in total. The zero-order valence-electron chi connectivity index (χ0n) is 10.1. The van der Waals surface area contributed by atoms with Gasteiger partial charge in [0.1, 0.15) is 10.5 Å². The van der Waals surface area contributed by atoms with Crippen molar-refractivity contribution in [1.29, 1.82) is 0 Å². The molecule has 94 valence electrons. The summed E-state index contributed by atoms with van der Waals surface area (Å²) in [7, 11) is 0. The number of hydrogen-bond acceptors (Lipinski definition) is 2. The van der Waals surface area contributed by atoms with Crippen LogP contribution in [-0.2, 0) is 6.42 Å². The Hall–Kier alpha value is -1.62. The molecule has 0 aliphatic heterocycles. The van der Waals surface area contributed by atoms with Crippen LogP contribution in [0.4, 0.5) is 8.78 Å². The average Bonchev–Trinajstić information content (AvgIpc) is 2.36. The predicted octanol–water partition coefficient (Wildman–Crippen LogP) is 3.96. The van der Waals surface area contributed by atoms with E-state index in [0.717, 1.165) is 29.8 Å². The van der Waals surface area contributed by atoms with E-state index in [9.17, 15) is 8.78 Å². The molecule has 0 aliphatic rings. The minimum atomic E-state index is -0.896. The lowest BCUT2D eigenvalue weighted by Crippen LogP contribution is -2.00. The van der Waals surface area contributed by atoms with Crippen LogP contribution < -0.4 is 0 Å². The molecule has 0 fully saturated rings. The third-order valence-electron chi connectivity index (χ3n) is 2.80. The molecule has 0 unspecified atom stereocenters. The van der Waals surface area contributed by atoms with Gasteiger partial charge in [0.05, 0.1) is 0 Å². The number of aryl methyl sites for hydroxylation is 1. The van der Waals surface area contributed by atoms with Crippen LogP contribution in [0.15, 0.2) is 18.2 Å². The first-order valence-electron chi connectivity index (χ1n) is 5.58. The Bertz CT molecular complexity index is 650. The van der Waals surface area contributed by atoms with Crippen molar-refractivity contribution in [1.82, 2.24) is 9.97 Å². The lowest BCUT2D eigenvalue weighted by Gasteiger charge is -2.08. The van der Waals surface area contributed by atoms with Crippen molar-refractivity contribution in [2.75, 3.05) is 0 Å². The van der Waals surface area contributed by atoms with E-state index in [4.69, 9.17) is 12.2 Å². The zero-order valence-corrected chi connectivity index (χ0v) is 10.9. The standard InChI is InChI=1S/C13H12F2N2S/c1-3-11-7(2)13(18)17-12(16-11)8-4-5-9(14)10(15)6-8/h4-6H,3H2,1-2H3,(H,16,17,18). The highest BCUT2D eigenvalue weighted by molar-refractivity contribution is 7.71. The van der Waals surface area contributed by atoms with Gasteiger partial charge in [-0.2, -0.15) is 0 Å². The first-order chi connectivity index (χ1) is 8.52. The van der Waals surface area contributed by atoms with Crippen LogP contribution in [0, 0.1) is 23.2 Å². The van der Waals surface area contributed by atoms with Gasteiger partial charge in [0.25, 0.3) is 0 Å². The van der Waals surface area contributed by atoms with Gasteiger partial charge in [0.2, 0.25) is 0 Å². The van der Waals surface area contributed by atoms with Crippen LogP contribution >= 0.6 is 12.2 Å². The van der Waals surface area contributed by atoms with Gasteiger partial charge < -0.3 is 4.98 Å². The first kappa shape index (κ1) is 12.8. The quantitative estimate of drug-likeness (QED) is 0.834. The topological polar surface area (TPSA) is 28.7 Å². The Labute approximate surface area is 109 Å². The smallest absolute Gasteiger partial charge is 0.159 e. The van der Waals surface area contributed by atoms with Gasteiger partial charge in [-0.1, -0.05) is 19.1 Å². The highest BCUT2D eigenvalue weighted by Gasteiger charge is 2.08. The number of hydrogen-bond donors (Lipinski definition) is 1. The van der Waals surface area contributed by atoms with Gasteiger partial charge in [0, 0.05) is 16.8 Å². The van der Waals surface area contributed by atoms with Crippen molar-refractivity contribution >= 4 is 12.2 Å². The molecule has 0 spiro atoms. The normalized spacial score (nSPS) is 10.7. The number of aromatic amines is 1. The summed E-state index contributed by atoms with van der Waals surface area (Å²) < 4.78 is 26.5. The fourth-order valence-electron chi connectivity index (χ4n) is 1.71. The van der Waals surface area contributed by atoms with Gasteiger partial charge in [0.15, 0.2) is 11.6 Å². The second-order valence-corrected chi connectivity index (χ2v) is 4.36. The largest absolute Gasteiger partial charge is 0.343 e. The van der Waals surface area contributed by atoms with E-state index in [1.54, 1.807) is 0 Å². The third-order valence-corrected chi connectivity index (χ3v) is 3.20. The summed E-state index contributed by atoms with van der Waals surface area (Å²) in [6.07, 6.45) is 0.772. The molecule has 0 bridgehead atoms. The van der Waals surface area contributed by atoms with Crippen molar-refractivity contribution in [3.63, 3.8) is 0 Å². The number of aromatic nitrogens is 2. The van der Waals surface area contributed by atoms with E-state index < -0.39 is 11.6 Å². The van der Waals surface area contributed by atoms with Gasteiger partial charge in [-0.3, -0.25) is 0 Å². The second-order valence-electron chi connectivity index (χ2n) is 3.98. The number of nitrogens with zero attached hydrogens (tertiary/aromatic N) is 1. The van der Waals surface area contributed by atoms with Gasteiger partial charge in [-0.15, -0.1) is 0 Å². The number of benzene rings is 1. The van der Waals surface area contributed by atoms with Crippen LogP contribution in [0.25, 0.3) is 11.4 Å². The van der Waals surface area contributed by atoms with E-state index in [1.807, 2.05) is 13.8 Å². The molecule has 0 saturated carbocycles. The lowest BCUT2D eigenvalue weighted by molar-refractivity contribution is 0.509. The SMILES string of the molecule is CCc1[nH]c(-c2ccc(F)c(F)c2)nc(=S)c1C. The molecule has 1 aromatic carbocycles. The van der Waals surface area contributed by atoms with Gasteiger partial charge in [-0.25, -0.2) is 13.8 Å². The molecular formula is C13H12F2N2S. The molecule has 0 radical (unpaired) electrons. The number of H-pyrrole nitrogens is 1. The molecule has 1 aromatic heterocycles. The molecule has 1 heterocycles. The molecule has 1 N–H and O–H groups in total. The maximum absolute atomic E-state index is 13.2. The summed E-state index contributed by atoms with van der Waals surface area (Å²) in [6, 6.07) is 3.66. The molecule has 0 amide bonds. The molecule has 2 rings (SSSR count). The monoisotopic (exact) mass is 266 g/mol. The Balaban J connectivity index is 2.60. The van der Waals surface area contributed by atoms with Crippen molar-refractivity contribution in [2.45, 2.75) is 20.3 Å². The van der Waals surface area contributed by atoms with E-state index in [-0.39, 0.29) is 0 Å². The number of nitrogens with one attached hydrogen (secondary N) is 1. The summed E-state index contributed by atoms with van der Waals surface area (Å²) in [6.45, 7) is 3.88. The fraction of sp³-hybridized carbons (Fsp3) is 0.231. The summed E-state index contributed by atoms with van der Waals surface area (Å²) in [4.78, 5) is 7.29. The molecule has 2 aromatic rings. The Morgan fingerprint density at radius 1 is 1.28 bits per heavy atom. The molecule has 0 saturated heterocycles. The fourth-order valence-corrected chi connectivity index (χ4v) is 1.93. The van der Waals surface area contributed by atoms with Crippen molar-refractivity contribution in [3.05, 3.63) is 45.7 Å². The van der Waals surface area contributed by atoms with Crippen molar-refractivity contribution in [2.24, 2.45) is 0 Å². The summed E-state index contributed by atoms with van der Waals surface area (Å²) in [5.41, 5.74) is 2.35. The maximum Gasteiger partial charge on any atom is 0.159 e. The lowest BCUT2D eigenvalue weighted by atomic mass is 10.1. The summed E-state index contributed by atoms with van der Waals surface area (Å²) in [5, 5.41) is 0. The van der Waals surface area contributed by atoms with E-state index in [0.29, 0.717) is 16.0 Å². The van der Waals surface area contributed by atoms with E-state index in [2.05, 4.69) is 9.97 Å². The Morgan fingerprint density at radius 3 is 2.61 bits per heavy atom. The van der Waals surface area contributed by atoms with Crippen LogP contribution in [0.3, 0.4) is 0 Å². The third kappa shape index (κ3) is 2.31. The predicted molar refractivity (Wildman–Crippen MR) is 68.9 cm³/mol. The van der Waals surface area contributed by atoms with Gasteiger partial charge in [-0.05, 0) is 31.5 Å². The van der Waals surface area contributed by atoms with E-state index >= 15 is 0 Å². The highest BCUT2D eigenvalue weighted by Crippen LogP contribution is 2.20. The minimum absolute atomic E-state index is 0.460. The Morgan fingerprint density at radius 2 is 2.00 bits per heavy atom.